The fourth-order valence-electron chi connectivity index (χ4n) is 8.49. The maximum absolute atomic E-state index is 13.3. The van der Waals surface area contributed by atoms with E-state index in [0.717, 1.165) is 18.4 Å². The average Bonchev–Trinajstić information content (AvgIpc) is 2.94. The fraction of sp³-hybridized carbons (Fsp3) is 0.500. The van der Waals surface area contributed by atoms with Crippen molar-refractivity contribution in [3.05, 3.63) is 82.5 Å². The molecule has 2 aromatic heterocycles. The van der Waals surface area contributed by atoms with Gasteiger partial charge in [-0.2, -0.15) is 0 Å². The molecule has 0 amide bonds. The normalized spacial score (nSPS) is 40.1. The van der Waals surface area contributed by atoms with Crippen molar-refractivity contribution in [3.63, 3.8) is 0 Å². The highest BCUT2D eigenvalue weighted by Gasteiger charge is 2.70. The second-order valence-corrected chi connectivity index (χ2v) is 12.7. The van der Waals surface area contributed by atoms with Gasteiger partial charge in [0.15, 0.2) is 6.29 Å². The first-order valence-electron chi connectivity index (χ1n) is 14.1. The Morgan fingerprint density at radius 2 is 1.82 bits per heavy atom. The molecule has 3 aromatic rings. The van der Waals surface area contributed by atoms with Crippen molar-refractivity contribution in [2.75, 3.05) is 6.61 Å². The summed E-state index contributed by atoms with van der Waals surface area (Å²) in [6, 6.07) is 15.1. The molecule has 4 aliphatic rings. The zero-order valence-corrected chi connectivity index (χ0v) is 22.9. The molecule has 0 spiro atoms. The van der Waals surface area contributed by atoms with E-state index in [1.54, 1.807) is 30.6 Å². The summed E-state index contributed by atoms with van der Waals surface area (Å²) in [5.41, 5.74) is -0.880. The second kappa shape index (κ2) is 8.98. The standard InChI is InChI=1S/C32H35NO7/c1-30-12-11-24-31(2,17-37-29(39-24)18-8-5-4-6-9-18)22(30)15-23(34)32(3)27(30)26(35)25-21(40-32)14-20(38-28(25)36)19-10-7-13-33-16-19/h4-10,13-14,16,22-24,26-27,29,34-35H,11-12,15,17H2,1-3H3/t22?,23-,24-,26-,27?,29?,30-,31-,32+/m0/s1. The van der Waals surface area contributed by atoms with E-state index in [0.29, 0.717) is 24.4 Å². The van der Waals surface area contributed by atoms with E-state index in [1.165, 1.54) is 0 Å². The molecule has 2 N–H and O–H groups in total. The van der Waals surface area contributed by atoms with E-state index in [2.05, 4.69) is 18.8 Å². The minimum Gasteiger partial charge on any atom is -0.484 e. The molecular formula is C32H35NO7. The van der Waals surface area contributed by atoms with Crippen molar-refractivity contribution in [1.29, 1.82) is 0 Å². The van der Waals surface area contributed by atoms with Crippen LogP contribution in [0, 0.1) is 22.7 Å². The van der Waals surface area contributed by atoms with E-state index < -0.39 is 46.5 Å². The van der Waals surface area contributed by atoms with Crippen molar-refractivity contribution in [3.8, 4) is 17.1 Å². The Labute approximate surface area is 232 Å². The first-order valence-corrected chi connectivity index (χ1v) is 14.1. The molecule has 2 aliphatic heterocycles. The van der Waals surface area contributed by atoms with Crippen LogP contribution in [0.25, 0.3) is 11.3 Å². The second-order valence-electron chi connectivity index (χ2n) is 12.7. The molecule has 0 bridgehead atoms. The number of nitrogens with zero attached hydrogens (tertiary/aromatic N) is 1. The van der Waals surface area contributed by atoms with E-state index in [1.807, 2.05) is 37.3 Å². The third-order valence-electron chi connectivity index (χ3n) is 10.5. The van der Waals surface area contributed by atoms with E-state index in [9.17, 15) is 15.0 Å². The molecule has 40 heavy (non-hydrogen) atoms. The first kappa shape index (κ1) is 25.9. The van der Waals surface area contributed by atoms with Crippen LogP contribution >= 0.6 is 0 Å². The minimum absolute atomic E-state index is 0.0370. The van der Waals surface area contributed by atoms with Crippen LogP contribution in [-0.2, 0) is 9.47 Å². The summed E-state index contributed by atoms with van der Waals surface area (Å²) in [5, 5.41) is 23.7. The van der Waals surface area contributed by atoms with Crippen LogP contribution in [-0.4, -0.2) is 39.6 Å². The topological polar surface area (TPSA) is 111 Å². The van der Waals surface area contributed by atoms with Crippen LogP contribution in [0.4, 0.5) is 0 Å². The highest BCUT2D eigenvalue weighted by Crippen LogP contribution is 2.68. The number of aliphatic hydroxyl groups is 2. The number of hydrogen-bond acceptors (Lipinski definition) is 8. The molecule has 3 fully saturated rings. The van der Waals surface area contributed by atoms with Crippen molar-refractivity contribution >= 4 is 0 Å². The molecule has 8 nitrogen and oxygen atoms in total. The molecule has 3 unspecified atom stereocenters. The van der Waals surface area contributed by atoms with Gasteiger partial charge < -0.3 is 28.8 Å². The van der Waals surface area contributed by atoms with E-state index in [-0.39, 0.29) is 23.3 Å². The Bertz CT molecular complexity index is 1480. The number of fused-ring (bicyclic) bond motifs is 6. The maximum atomic E-state index is 13.3. The summed E-state index contributed by atoms with van der Waals surface area (Å²) in [7, 11) is 0. The molecule has 2 aliphatic carbocycles. The van der Waals surface area contributed by atoms with Crippen molar-refractivity contribution < 1.29 is 28.8 Å². The van der Waals surface area contributed by atoms with Crippen LogP contribution in [0.5, 0.6) is 5.75 Å². The van der Waals surface area contributed by atoms with Gasteiger partial charge in [0.25, 0.3) is 0 Å². The molecule has 1 aromatic carbocycles. The van der Waals surface area contributed by atoms with Crippen LogP contribution in [0.15, 0.2) is 70.1 Å². The molecule has 4 heterocycles. The van der Waals surface area contributed by atoms with Gasteiger partial charge in [-0.15, -0.1) is 0 Å². The van der Waals surface area contributed by atoms with Gasteiger partial charge in [0.1, 0.15) is 22.7 Å². The third kappa shape index (κ3) is 3.59. The fourth-order valence-corrected chi connectivity index (χ4v) is 8.49. The lowest BCUT2D eigenvalue weighted by molar-refractivity contribution is -0.330. The number of pyridine rings is 1. The lowest BCUT2D eigenvalue weighted by Crippen LogP contribution is -2.71. The highest BCUT2D eigenvalue weighted by molar-refractivity contribution is 5.59. The van der Waals surface area contributed by atoms with Crippen LogP contribution in [0.3, 0.4) is 0 Å². The van der Waals surface area contributed by atoms with Crippen molar-refractivity contribution in [2.24, 2.45) is 22.7 Å². The number of ether oxygens (including phenoxy) is 3. The molecular weight excluding hydrogens is 510 g/mol. The number of aromatic nitrogens is 1. The smallest absolute Gasteiger partial charge is 0.345 e. The number of rotatable bonds is 2. The average molecular weight is 546 g/mol. The number of aliphatic hydroxyl groups excluding tert-OH is 2. The summed E-state index contributed by atoms with van der Waals surface area (Å²) < 4.78 is 25.1. The van der Waals surface area contributed by atoms with Crippen molar-refractivity contribution in [2.45, 2.75) is 70.2 Å². The van der Waals surface area contributed by atoms with Gasteiger partial charge in [-0.1, -0.05) is 44.2 Å². The lowest BCUT2D eigenvalue weighted by Gasteiger charge is -2.67. The van der Waals surface area contributed by atoms with Gasteiger partial charge in [0.2, 0.25) is 0 Å². The number of benzene rings is 1. The summed E-state index contributed by atoms with van der Waals surface area (Å²) >= 11 is 0. The molecule has 2 saturated carbocycles. The summed E-state index contributed by atoms with van der Waals surface area (Å²) in [6.07, 6.45) is 2.69. The quantitative estimate of drug-likeness (QED) is 0.472. The molecule has 7 rings (SSSR count). The van der Waals surface area contributed by atoms with Gasteiger partial charge in [0.05, 0.1) is 24.9 Å². The molecule has 0 radical (unpaired) electrons. The summed E-state index contributed by atoms with van der Waals surface area (Å²) in [6.45, 7) is 6.68. The molecule has 1 saturated heterocycles. The van der Waals surface area contributed by atoms with Crippen LogP contribution < -0.4 is 10.4 Å². The van der Waals surface area contributed by atoms with E-state index in [4.69, 9.17) is 18.6 Å². The molecule has 9 atom stereocenters. The first-order chi connectivity index (χ1) is 19.1. The van der Waals surface area contributed by atoms with Gasteiger partial charge in [-0.05, 0) is 49.7 Å². The minimum atomic E-state index is -1.17. The Morgan fingerprint density at radius 3 is 2.58 bits per heavy atom. The van der Waals surface area contributed by atoms with Gasteiger partial charge in [0, 0.05) is 40.9 Å². The van der Waals surface area contributed by atoms with Crippen LogP contribution in [0.1, 0.15) is 63.6 Å². The monoisotopic (exact) mass is 545 g/mol. The van der Waals surface area contributed by atoms with E-state index >= 15 is 0 Å². The molecule has 210 valence electrons. The summed E-state index contributed by atoms with van der Waals surface area (Å²) in [4.78, 5) is 17.4. The predicted octanol–water partition coefficient (Wildman–Crippen LogP) is 4.80. The van der Waals surface area contributed by atoms with Gasteiger partial charge in [-0.3, -0.25) is 4.98 Å². The Kier molecular flexibility index (Phi) is 5.81. The maximum Gasteiger partial charge on any atom is 0.345 e. The van der Waals surface area contributed by atoms with Crippen molar-refractivity contribution in [1.82, 2.24) is 4.98 Å². The Balaban J connectivity index is 1.26. The number of hydrogen-bond donors (Lipinski definition) is 2. The highest BCUT2D eigenvalue weighted by atomic mass is 16.7. The predicted molar refractivity (Wildman–Crippen MR) is 145 cm³/mol. The third-order valence-corrected chi connectivity index (χ3v) is 10.5. The van der Waals surface area contributed by atoms with Crippen LogP contribution in [0.2, 0.25) is 0 Å². The largest absolute Gasteiger partial charge is 0.484 e. The lowest BCUT2D eigenvalue weighted by atomic mass is 9.42. The zero-order chi connectivity index (χ0) is 27.9. The molecule has 8 heteroatoms. The summed E-state index contributed by atoms with van der Waals surface area (Å²) in [5.74, 6) is -0.0292. The van der Waals surface area contributed by atoms with Gasteiger partial charge >= 0.3 is 5.63 Å². The Morgan fingerprint density at radius 1 is 1.02 bits per heavy atom. The Hall–Kier alpha value is -3.04. The SMILES string of the molecule is C[C@]12CC[C@@H]3OC(c4ccccc4)OC[C@@]3(C)C1C[C@H](O)[C@@]1(C)Oc3cc(-c4cccnc4)oc(=O)c3[C@H](O)C21. The van der Waals surface area contributed by atoms with Gasteiger partial charge in [-0.25, -0.2) is 4.79 Å². The zero-order valence-electron chi connectivity index (χ0n) is 22.9.